The normalized spacial score (nSPS) is 11.3. The summed E-state index contributed by atoms with van der Waals surface area (Å²) in [4.78, 5) is 0. The van der Waals surface area contributed by atoms with E-state index in [9.17, 15) is 0 Å². The van der Waals surface area contributed by atoms with Crippen LogP contribution in [0.1, 0.15) is 36.5 Å². The summed E-state index contributed by atoms with van der Waals surface area (Å²) >= 11 is 0. The summed E-state index contributed by atoms with van der Waals surface area (Å²) in [5.74, 6) is 0. The third kappa shape index (κ3) is 2.44. The quantitative estimate of drug-likeness (QED) is 0.856. The van der Waals surface area contributed by atoms with Gasteiger partial charge in [0.2, 0.25) is 0 Å². The van der Waals surface area contributed by atoms with Gasteiger partial charge in [0.05, 0.1) is 5.52 Å². The number of fused-ring (bicyclic) bond motifs is 1. The van der Waals surface area contributed by atoms with Crippen LogP contribution in [0.25, 0.3) is 10.9 Å². The molecule has 0 unspecified atom stereocenters. The van der Waals surface area contributed by atoms with E-state index in [2.05, 4.69) is 43.7 Å². The molecule has 0 atom stereocenters. The highest BCUT2D eigenvalue weighted by atomic mass is 15.0. The standard InChI is InChI=1S/C16H24N2/c1-4-6-14-11-18(8-5-7-17)16-13(3)9-12(2)10-15(14)16/h9-11H,4-8,17H2,1-3H3. The summed E-state index contributed by atoms with van der Waals surface area (Å²) in [6.45, 7) is 8.42. The maximum absolute atomic E-state index is 5.63. The Morgan fingerprint density at radius 2 is 2.00 bits per heavy atom. The monoisotopic (exact) mass is 244 g/mol. The number of nitrogens with zero attached hydrogens (tertiary/aromatic N) is 1. The molecule has 0 bridgehead atoms. The van der Waals surface area contributed by atoms with Crippen LogP contribution in [0.4, 0.5) is 0 Å². The largest absolute Gasteiger partial charge is 0.347 e. The lowest BCUT2D eigenvalue weighted by molar-refractivity contribution is 0.667. The lowest BCUT2D eigenvalue weighted by Crippen LogP contribution is -2.05. The molecular weight excluding hydrogens is 220 g/mol. The molecule has 0 fully saturated rings. The van der Waals surface area contributed by atoms with E-state index in [0.717, 1.165) is 25.9 Å². The molecule has 1 aromatic carbocycles. The Bertz CT molecular complexity index is 538. The molecule has 1 aromatic heterocycles. The number of hydrogen-bond acceptors (Lipinski definition) is 1. The predicted octanol–water partition coefficient (Wildman–Crippen LogP) is 3.56. The van der Waals surface area contributed by atoms with E-state index in [-0.39, 0.29) is 0 Å². The minimum Gasteiger partial charge on any atom is -0.347 e. The van der Waals surface area contributed by atoms with E-state index >= 15 is 0 Å². The zero-order valence-corrected chi connectivity index (χ0v) is 11.8. The SMILES string of the molecule is CCCc1cn(CCCN)c2c(C)cc(C)cc12. The average molecular weight is 244 g/mol. The van der Waals surface area contributed by atoms with Crippen molar-refractivity contribution in [1.29, 1.82) is 0 Å². The molecule has 2 N–H and O–H groups in total. The second-order valence-electron chi connectivity index (χ2n) is 5.22. The second-order valence-corrected chi connectivity index (χ2v) is 5.22. The number of benzene rings is 1. The first-order valence-corrected chi connectivity index (χ1v) is 6.96. The van der Waals surface area contributed by atoms with Crippen LogP contribution < -0.4 is 5.73 Å². The summed E-state index contributed by atoms with van der Waals surface area (Å²) in [5, 5.41) is 1.44. The Balaban J connectivity index is 2.56. The Labute approximate surface area is 110 Å². The van der Waals surface area contributed by atoms with Crippen molar-refractivity contribution in [3.05, 3.63) is 35.0 Å². The molecule has 2 rings (SSSR count). The van der Waals surface area contributed by atoms with E-state index in [0.29, 0.717) is 0 Å². The van der Waals surface area contributed by atoms with Crippen LogP contribution in [-0.2, 0) is 13.0 Å². The van der Waals surface area contributed by atoms with Crippen LogP contribution in [-0.4, -0.2) is 11.1 Å². The molecular formula is C16H24N2. The summed E-state index contributed by atoms with van der Waals surface area (Å²) in [6.07, 6.45) is 5.73. The first-order chi connectivity index (χ1) is 8.67. The number of hydrogen-bond donors (Lipinski definition) is 1. The number of aryl methyl sites for hydroxylation is 4. The minimum atomic E-state index is 0.758. The molecule has 1 heterocycles. The van der Waals surface area contributed by atoms with Crippen LogP contribution in [0.5, 0.6) is 0 Å². The van der Waals surface area contributed by atoms with Gasteiger partial charge in [0, 0.05) is 18.1 Å². The van der Waals surface area contributed by atoms with Gasteiger partial charge < -0.3 is 10.3 Å². The van der Waals surface area contributed by atoms with E-state index in [1.54, 1.807) is 0 Å². The highest BCUT2D eigenvalue weighted by Gasteiger charge is 2.10. The molecule has 2 heteroatoms. The molecule has 0 amide bonds. The molecule has 0 radical (unpaired) electrons. The van der Waals surface area contributed by atoms with Crippen LogP contribution in [0.3, 0.4) is 0 Å². The minimum absolute atomic E-state index is 0.758. The molecule has 0 aliphatic heterocycles. The fraction of sp³-hybridized carbons (Fsp3) is 0.500. The third-order valence-corrected chi connectivity index (χ3v) is 3.51. The van der Waals surface area contributed by atoms with Crippen LogP contribution in [0.2, 0.25) is 0 Å². The smallest absolute Gasteiger partial charge is 0.0513 e. The van der Waals surface area contributed by atoms with E-state index in [4.69, 9.17) is 5.73 Å². The maximum atomic E-state index is 5.63. The third-order valence-electron chi connectivity index (χ3n) is 3.51. The molecule has 98 valence electrons. The van der Waals surface area contributed by atoms with Crippen molar-refractivity contribution in [2.45, 2.75) is 46.6 Å². The van der Waals surface area contributed by atoms with Gasteiger partial charge in [0.25, 0.3) is 0 Å². The van der Waals surface area contributed by atoms with Gasteiger partial charge in [-0.25, -0.2) is 0 Å². The van der Waals surface area contributed by atoms with Crippen LogP contribution in [0.15, 0.2) is 18.3 Å². The maximum Gasteiger partial charge on any atom is 0.0513 e. The molecule has 0 saturated carbocycles. The molecule has 18 heavy (non-hydrogen) atoms. The average Bonchev–Trinajstić information content (AvgIpc) is 2.65. The van der Waals surface area contributed by atoms with Crippen molar-refractivity contribution in [1.82, 2.24) is 4.57 Å². The van der Waals surface area contributed by atoms with Gasteiger partial charge in [0.1, 0.15) is 0 Å². The predicted molar refractivity (Wildman–Crippen MR) is 79.1 cm³/mol. The lowest BCUT2D eigenvalue weighted by Gasteiger charge is -2.07. The van der Waals surface area contributed by atoms with Crippen LogP contribution >= 0.6 is 0 Å². The molecule has 2 aromatic rings. The van der Waals surface area contributed by atoms with Crippen molar-refractivity contribution in [3.8, 4) is 0 Å². The number of aromatic nitrogens is 1. The van der Waals surface area contributed by atoms with Gasteiger partial charge >= 0.3 is 0 Å². The van der Waals surface area contributed by atoms with Crippen molar-refractivity contribution >= 4 is 10.9 Å². The topological polar surface area (TPSA) is 30.9 Å². The lowest BCUT2D eigenvalue weighted by atomic mass is 10.0. The van der Waals surface area contributed by atoms with E-state index in [1.807, 2.05) is 0 Å². The first-order valence-electron chi connectivity index (χ1n) is 6.96. The van der Waals surface area contributed by atoms with Crippen molar-refractivity contribution in [2.24, 2.45) is 5.73 Å². The van der Waals surface area contributed by atoms with Gasteiger partial charge in [0.15, 0.2) is 0 Å². The van der Waals surface area contributed by atoms with Gasteiger partial charge in [-0.2, -0.15) is 0 Å². The van der Waals surface area contributed by atoms with Crippen molar-refractivity contribution in [3.63, 3.8) is 0 Å². The summed E-state index contributed by atoms with van der Waals surface area (Å²) in [7, 11) is 0. The van der Waals surface area contributed by atoms with Crippen LogP contribution in [0, 0.1) is 13.8 Å². The molecule has 0 aliphatic rings. The van der Waals surface area contributed by atoms with E-state index in [1.165, 1.54) is 34.0 Å². The summed E-state index contributed by atoms with van der Waals surface area (Å²) in [6, 6.07) is 4.60. The van der Waals surface area contributed by atoms with Gasteiger partial charge in [-0.1, -0.05) is 25.0 Å². The highest BCUT2D eigenvalue weighted by molar-refractivity contribution is 5.87. The van der Waals surface area contributed by atoms with E-state index < -0.39 is 0 Å². The first kappa shape index (κ1) is 13.2. The van der Waals surface area contributed by atoms with Crippen molar-refractivity contribution in [2.75, 3.05) is 6.54 Å². The molecule has 2 nitrogen and oxygen atoms in total. The molecule has 0 saturated heterocycles. The summed E-state index contributed by atoms with van der Waals surface area (Å²) < 4.78 is 2.39. The number of rotatable bonds is 5. The fourth-order valence-corrected chi connectivity index (χ4v) is 2.81. The zero-order valence-electron chi connectivity index (χ0n) is 11.8. The van der Waals surface area contributed by atoms with Gasteiger partial charge in [-0.3, -0.25) is 0 Å². The number of nitrogens with two attached hydrogens (primary N) is 1. The van der Waals surface area contributed by atoms with Gasteiger partial charge in [-0.05, 0) is 50.4 Å². The fourth-order valence-electron chi connectivity index (χ4n) is 2.81. The Kier molecular flexibility index (Phi) is 4.07. The molecule has 0 aliphatic carbocycles. The Morgan fingerprint density at radius 3 is 2.67 bits per heavy atom. The second kappa shape index (κ2) is 5.57. The zero-order chi connectivity index (χ0) is 13.1. The highest BCUT2D eigenvalue weighted by Crippen LogP contribution is 2.27. The molecule has 0 spiro atoms. The Morgan fingerprint density at radius 1 is 1.22 bits per heavy atom. The Hall–Kier alpha value is -1.28. The van der Waals surface area contributed by atoms with Crippen molar-refractivity contribution < 1.29 is 0 Å². The van der Waals surface area contributed by atoms with Gasteiger partial charge in [-0.15, -0.1) is 0 Å². The summed E-state index contributed by atoms with van der Waals surface area (Å²) in [5.41, 5.74) is 11.3.